The molecular formula is C14H26N6OS. The minimum atomic E-state index is 0.341. The molecule has 1 fully saturated rings. The van der Waals surface area contributed by atoms with Gasteiger partial charge in [0.25, 0.3) is 0 Å². The highest BCUT2D eigenvalue weighted by Gasteiger charge is 2.16. The zero-order valence-electron chi connectivity index (χ0n) is 13.6. The minimum absolute atomic E-state index is 0.341. The summed E-state index contributed by atoms with van der Waals surface area (Å²) in [5.41, 5.74) is 0. The zero-order valence-corrected chi connectivity index (χ0v) is 14.4. The van der Waals surface area contributed by atoms with Gasteiger partial charge in [-0.25, -0.2) is 4.99 Å². The molecule has 2 rings (SSSR count). The van der Waals surface area contributed by atoms with E-state index in [9.17, 15) is 0 Å². The maximum atomic E-state index is 5.41. The summed E-state index contributed by atoms with van der Waals surface area (Å²) in [5.74, 6) is 3.74. The molecule has 7 nitrogen and oxygen atoms in total. The van der Waals surface area contributed by atoms with E-state index >= 15 is 0 Å². The number of hydrogen-bond donors (Lipinski definition) is 2. The van der Waals surface area contributed by atoms with Crippen LogP contribution in [0.25, 0.3) is 0 Å². The first kappa shape index (κ1) is 17.1. The van der Waals surface area contributed by atoms with Gasteiger partial charge in [0.2, 0.25) is 0 Å². The molecular weight excluding hydrogens is 300 g/mol. The van der Waals surface area contributed by atoms with Crippen molar-refractivity contribution in [3.63, 3.8) is 0 Å². The molecule has 1 aliphatic heterocycles. The quantitative estimate of drug-likeness (QED) is 0.436. The van der Waals surface area contributed by atoms with Gasteiger partial charge in [-0.2, -0.15) is 11.8 Å². The van der Waals surface area contributed by atoms with Crippen molar-refractivity contribution < 1.29 is 4.74 Å². The van der Waals surface area contributed by atoms with Gasteiger partial charge in [0.15, 0.2) is 11.8 Å². The van der Waals surface area contributed by atoms with Crippen LogP contribution in [0.1, 0.15) is 24.5 Å². The third kappa shape index (κ3) is 5.17. The highest BCUT2D eigenvalue weighted by molar-refractivity contribution is 7.98. The molecule has 2 N–H and O–H groups in total. The monoisotopic (exact) mass is 326 g/mol. The fourth-order valence-corrected chi connectivity index (χ4v) is 2.59. The zero-order chi connectivity index (χ0) is 15.8. The standard InChI is InChI=1S/C14H26N6OS/c1-11-18-19-13(20(11)2)9-16-14(15-6-4-8-22-3)17-12-5-7-21-10-12/h12H,4-10H2,1-3H3,(H2,15,16,17). The molecule has 0 aromatic carbocycles. The lowest BCUT2D eigenvalue weighted by atomic mass is 10.3. The number of aromatic nitrogens is 3. The second-order valence-corrected chi connectivity index (χ2v) is 6.35. The third-order valence-electron chi connectivity index (χ3n) is 3.65. The molecule has 1 saturated heterocycles. The maximum absolute atomic E-state index is 5.41. The van der Waals surface area contributed by atoms with Crippen LogP contribution in [-0.2, 0) is 18.3 Å². The first-order valence-corrected chi connectivity index (χ1v) is 9.06. The van der Waals surface area contributed by atoms with E-state index in [2.05, 4.69) is 32.1 Å². The number of guanidine groups is 1. The molecule has 1 aromatic heterocycles. The van der Waals surface area contributed by atoms with Crippen molar-refractivity contribution >= 4 is 17.7 Å². The summed E-state index contributed by atoms with van der Waals surface area (Å²) in [5, 5.41) is 15.0. The van der Waals surface area contributed by atoms with Crippen molar-refractivity contribution in [2.75, 3.05) is 31.8 Å². The Balaban J connectivity index is 1.92. The van der Waals surface area contributed by atoms with Gasteiger partial charge in [0.05, 0.1) is 12.6 Å². The normalized spacial score (nSPS) is 18.7. The Hall–Kier alpha value is -1.28. The van der Waals surface area contributed by atoms with E-state index in [-0.39, 0.29) is 0 Å². The Kier molecular flexibility index (Phi) is 6.98. The van der Waals surface area contributed by atoms with Crippen molar-refractivity contribution in [3.05, 3.63) is 11.6 Å². The van der Waals surface area contributed by atoms with Crippen molar-refractivity contribution in [2.24, 2.45) is 12.0 Å². The third-order valence-corrected chi connectivity index (χ3v) is 4.35. The van der Waals surface area contributed by atoms with Gasteiger partial charge in [-0.1, -0.05) is 0 Å². The van der Waals surface area contributed by atoms with E-state index in [4.69, 9.17) is 4.74 Å². The second kappa shape index (κ2) is 8.99. The van der Waals surface area contributed by atoms with Crippen LogP contribution in [0.4, 0.5) is 0 Å². The molecule has 1 atom stereocenters. The summed E-state index contributed by atoms with van der Waals surface area (Å²) in [7, 11) is 1.96. The highest BCUT2D eigenvalue weighted by atomic mass is 32.2. The van der Waals surface area contributed by atoms with Crippen LogP contribution in [-0.4, -0.2) is 58.5 Å². The van der Waals surface area contributed by atoms with Crippen molar-refractivity contribution in [1.82, 2.24) is 25.4 Å². The fourth-order valence-electron chi connectivity index (χ4n) is 2.16. The molecule has 124 valence electrons. The number of nitrogens with zero attached hydrogens (tertiary/aromatic N) is 4. The van der Waals surface area contributed by atoms with Crippen LogP contribution < -0.4 is 10.6 Å². The van der Waals surface area contributed by atoms with Crippen LogP contribution in [0.2, 0.25) is 0 Å². The molecule has 1 unspecified atom stereocenters. The van der Waals surface area contributed by atoms with E-state index in [1.165, 1.54) is 0 Å². The summed E-state index contributed by atoms with van der Waals surface area (Å²) in [6, 6.07) is 0.341. The second-order valence-electron chi connectivity index (χ2n) is 5.37. The molecule has 0 amide bonds. The van der Waals surface area contributed by atoms with Crippen molar-refractivity contribution in [2.45, 2.75) is 32.4 Å². The molecule has 2 heterocycles. The van der Waals surface area contributed by atoms with Gasteiger partial charge in [0, 0.05) is 20.2 Å². The van der Waals surface area contributed by atoms with E-state index < -0.39 is 0 Å². The summed E-state index contributed by atoms with van der Waals surface area (Å²) in [6.07, 6.45) is 4.26. The van der Waals surface area contributed by atoms with Gasteiger partial charge in [-0.3, -0.25) is 0 Å². The van der Waals surface area contributed by atoms with Crippen LogP contribution >= 0.6 is 11.8 Å². The number of rotatable bonds is 7. The number of aliphatic imine (C=N–C) groups is 1. The Labute approximate surface area is 136 Å². The van der Waals surface area contributed by atoms with Crippen LogP contribution in [0, 0.1) is 6.92 Å². The average molecular weight is 326 g/mol. The van der Waals surface area contributed by atoms with Crippen molar-refractivity contribution in [1.29, 1.82) is 0 Å². The molecule has 0 spiro atoms. The average Bonchev–Trinajstić information content (AvgIpc) is 3.13. The molecule has 1 aliphatic rings. The number of ether oxygens (including phenoxy) is 1. The number of nitrogens with one attached hydrogen (secondary N) is 2. The Morgan fingerprint density at radius 2 is 2.36 bits per heavy atom. The molecule has 0 radical (unpaired) electrons. The summed E-state index contributed by atoms with van der Waals surface area (Å²) < 4.78 is 7.38. The Morgan fingerprint density at radius 1 is 1.50 bits per heavy atom. The molecule has 0 aliphatic carbocycles. The van der Waals surface area contributed by atoms with Gasteiger partial charge in [0.1, 0.15) is 12.4 Å². The highest BCUT2D eigenvalue weighted by Crippen LogP contribution is 2.04. The first-order valence-electron chi connectivity index (χ1n) is 7.67. The minimum Gasteiger partial charge on any atom is -0.379 e. The smallest absolute Gasteiger partial charge is 0.192 e. The Morgan fingerprint density at radius 3 is 3.00 bits per heavy atom. The topological polar surface area (TPSA) is 76.4 Å². The molecule has 8 heteroatoms. The SMILES string of the molecule is CSCCCNC(=NCc1nnc(C)n1C)NC1CCOC1. The van der Waals surface area contributed by atoms with Gasteiger partial charge < -0.3 is 19.9 Å². The first-order chi connectivity index (χ1) is 10.7. The lowest BCUT2D eigenvalue weighted by Crippen LogP contribution is -2.44. The lowest BCUT2D eigenvalue weighted by molar-refractivity contribution is 0.192. The van der Waals surface area contributed by atoms with E-state index in [0.717, 1.165) is 56.0 Å². The van der Waals surface area contributed by atoms with Crippen LogP contribution in [0.5, 0.6) is 0 Å². The van der Waals surface area contributed by atoms with E-state index in [1.807, 2.05) is 30.3 Å². The Bertz CT molecular complexity index is 484. The predicted molar refractivity (Wildman–Crippen MR) is 90.2 cm³/mol. The molecule has 0 bridgehead atoms. The maximum Gasteiger partial charge on any atom is 0.192 e. The summed E-state index contributed by atoms with van der Waals surface area (Å²) >= 11 is 1.86. The van der Waals surface area contributed by atoms with Gasteiger partial charge >= 0.3 is 0 Å². The fraction of sp³-hybridized carbons (Fsp3) is 0.786. The summed E-state index contributed by atoms with van der Waals surface area (Å²) in [4.78, 5) is 4.64. The summed E-state index contributed by atoms with van der Waals surface area (Å²) in [6.45, 7) is 4.94. The van der Waals surface area contributed by atoms with E-state index in [0.29, 0.717) is 12.6 Å². The largest absolute Gasteiger partial charge is 0.379 e. The van der Waals surface area contributed by atoms with Crippen LogP contribution in [0.3, 0.4) is 0 Å². The predicted octanol–water partition coefficient (Wildman–Crippen LogP) is 0.701. The molecule has 22 heavy (non-hydrogen) atoms. The molecule has 1 aromatic rings. The van der Waals surface area contributed by atoms with Crippen LogP contribution in [0.15, 0.2) is 4.99 Å². The van der Waals surface area contributed by atoms with Crippen molar-refractivity contribution in [3.8, 4) is 0 Å². The number of hydrogen-bond acceptors (Lipinski definition) is 5. The lowest BCUT2D eigenvalue weighted by Gasteiger charge is -2.16. The molecule has 0 saturated carbocycles. The number of aryl methyl sites for hydroxylation is 1. The number of thioether (sulfide) groups is 1. The van der Waals surface area contributed by atoms with E-state index in [1.54, 1.807) is 0 Å². The van der Waals surface area contributed by atoms with Gasteiger partial charge in [-0.05, 0) is 31.8 Å². The van der Waals surface area contributed by atoms with Gasteiger partial charge in [-0.15, -0.1) is 10.2 Å².